The van der Waals surface area contributed by atoms with Crippen LogP contribution in [-0.4, -0.2) is 60.6 Å². The van der Waals surface area contributed by atoms with Crippen molar-refractivity contribution in [1.82, 2.24) is 29.0 Å². The molecule has 0 bridgehead atoms. The molecule has 0 saturated carbocycles. The Kier molecular flexibility index (Phi) is 6.92. The first kappa shape index (κ1) is 24.9. The lowest BCUT2D eigenvalue weighted by atomic mass is 9.94. The van der Waals surface area contributed by atoms with Crippen molar-refractivity contribution in [3.8, 4) is 11.3 Å². The third kappa shape index (κ3) is 5.19. The van der Waals surface area contributed by atoms with Gasteiger partial charge in [0, 0.05) is 48.6 Å². The molecule has 1 fully saturated rings. The first-order chi connectivity index (χ1) is 17.8. The maximum Gasteiger partial charge on any atom is 0.331 e. The van der Waals surface area contributed by atoms with Gasteiger partial charge >= 0.3 is 11.7 Å². The molecule has 0 aliphatic carbocycles. The van der Waals surface area contributed by atoms with Gasteiger partial charge in [-0.25, -0.2) is 14.3 Å². The summed E-state index contributed by atoms with van der Waals surface area (Å²) in [6, 6.07) is 6.78. The summed E-state index contributed by atoms with van der Waals surface area (Å²) >= 11 is 6.45. The van der Waals surface area contributed by atoms with Gasteiger partial charge < -0.3 is 15.2 Å². The molecular formula is C25H25ClN6O5. The summed E-state index contributed by atoms with van der Waals surface area (Å²) < 4.78 is 9.55. The van der Waals surface area contributed by atoms with Gasteiger partial charge in [0.05, 0.1) is 30.5 Å². The number of nitrogens with one attached hydrogen (secondary N) is 1. The minimum absolute atomic E-state index is 0.0190. The van der Waals surface area contributed by atoms with Crippen LogP contribution in [-0.2, 0) is 29.0 Å². The summed E-state index contributed by atoms with van der Waals surface area (Å²) in [5, 5.41) is 17.3. The van der Waals surface area contributed by atoms with Crippen LogP contribution in [0.5, 0.6) is 0 Å². The van der Waals surface area contributed by atoms with Crippen LogP contribution < -0.4 is 16.6 Å². The highest BCUT2D eigenvalue weighted by Crippen LogP contribution is 2.33. The van der Waals surface area contributed by atoms with Crippen molar-refractivity contribution in [1.29, 1.82) is 0 Å². The van der Waals surface area contributed by atoms with E-state index in [4.69, 9.17) is 21.4 Å². The quantitative estimate of drug-likeness (QED) is 0.370. The summed E-state index contributed by atoms with van der Waals surface area (Å²) in [5.74, 6) is -1.18. The fraction of sp³-hybridized carbons (Fsp3) is 0.320. The second-order valence-corrected chi connectivity index (χ2v) is 9.42. The molecule has 1 aliphatic heterocycles. The molecule has 1 atom stereocenters. The molecule has 1 aliphatic rings. The summed E-state index contributed by atoms with van der Waals surface area (Å²) in [7, 11) is 0. The number of aryl methyl sites for hydroxylation is 1. The fourth-order valence-corrected chi connectivity index (χ4v) is 4.93. The zero-order valence-corrected chi connectivity index (χ0v) is 20.8. The smallest absolute Gasteiger partial charge is 0.331 e. The molecular weight excluding hydrogens is 500 g/mol. The number of halogens is 1. The number of benzene rings is 1. The van der Waals surface area contributed by atoms with Crippen molar-refractivity contribution in [3.05, 3.63) is 85.5 Å². The van der Waals surface area contributed by atoms with Crippen LogP contribution in [0.4, 0.5) is 0 Å². The summed E-state index contributed by atoms with van der Waals surface area (Å²) in [6.45, 7) is 3.65. The molecule has 4 aromatic rings. The Morgan fingerprint density at radius 1 is 1.30 bits per heavy atom. The zero-order valence-electron chi connectivity index (χ0n) is 20.1. The molecule has 3 aromatic heterocycles. The number of aliphatic carboxylic acids is 1. The van der Waals surface area contributed by atoms with E-state index >= 15 is 0 Å². The third-order valence-electron chi connectivity index (χ3n) is 6.38. The number of rotatable bonds is 7. The molecule has 1 saturated heterocycles. The van der Waals surface area contributed by atoms with Gasteiger partial charge in [-0.05, 0) is 41.8 Å². The van der Waals surface area contributed by atoms with Crippen molar-refractivity contribution in [2.75, 3.05) is 19.7 Å². The SMILES string of the molecule is Cc1cc(Cl)cc(-c2ncnn3cc(Cn4c(=O)ccn(CC(=O)O)c4=O)cc23)c1C[C@@H]1CNCCO1. The highest BCUT2D eigenvalue weighted by molar-refractivity contribution is 6.31. The highest BCUT2D eigenvalue weighted by atomic mass is 35.5. The molecule has 5 rings (SSSR count). The van der Waals surface area contributed by atoms with Crippen LogP contribution in [0.1, 0.15) is 16.7 Å². The molecule has 12 heteroatoms. The van der Waals surface area contributed by atoms with Crippen LogP contribution in [0.3, 0.4) is 0 Å². The van der Waals surface area contributed by atoms with E-state index in [2.05, 4.69) is 15.4 Å². The van der Waals surface area contributed by atoms with Crippen molar-refractivity contribution in [2.24, 2.45) is 0 Å². The van der Waals surface area contributed by atoms with Crippen molar-refractivity contribution < 1.29 is 14.6 Å². The van der Waals surface area contributed by atoms with E-state index < -0.39 is 23.8 Å². The largest absolute Gasteiger partial charge is 0.480 e. The number of fused-ring (bicyclic) bond motifs is 1. The van der Waals surface area contributed by atoms with Crippen LogP contribution >= 0.6 is 11.6 Å². The van der Waals surface area contributed by atoms with Crippen LogP contribution in [0.2, 0.25) is 5.02 Å². The molecule has 1 aromatic carbocycles. The maximum absolute atomic E-state index is 12.7. The minimum Gasteiger partial charge on any atom is -0.480 e. The second kappa shape index (κ2) is 10.3. The van der Waals surface area contributed by atoms with Crippen molar-refractivity contribution in [3.63, 3.8) is 0 Å². The van der Waals surface area contributed by atoms with Gasteiger partial charge in [-0.15, -0.1) is 0 Å². The zero-order chi connectivity index (χ0) is 26.1. The fourth-order valence-electron chi connectivity index (χ4n) is 4.66. The summed E-state index contributed by atoms with van der Waals surface area (Å²) in [5.41, 5.74) is 3.69. The lowest BCUT2D eigenvalue weighted by Crippen LogP contribution is -2.40. The lowest BCUT2D eigenvalue weighted by molar-refractivity contribution is -0.137. The number of ether oxygens (including phenoxy) is 1. The Balaban J connectivity index is 1.56. The van der Waals surface area contributed by atoms with Crippen molar-refractivity contribution in [2.45, 2.75) is 32.5 Å². The standard InChI is InChI=1S/C25H25ClN6O5/c1-15-6-17(26)8-20(19(15)9-18-10-27-3-5-37-18)24-21-7-16(12-32(21)29-14-28-24)11-31-22(33)2-4-30(25(31)36)13-23(34)35/h2,4,6-8,12,14,18,27H,3,5,9-11,13H2,1H3,(H,34,35)/t18-/m1/s1. The van der Waals surface area contributed by atoms with Gasteiger partial charge in [0.25, 0.3) is 5.56 Å². The number of morpholine rings is 1. The van der Waals surface area contributed by atoms with Gasteiger partial charge in [0.15, 0.2) is 0 Å². The van der Waals surface area contributed by atoms with E-state index in [0.717, 1.165) is 38.9 Å². The van der Waals surface area contributed by atoms with Crippen LogP contribution in [0, 0.1) is 6.92 Å². The molecule has 11 nitrogen and oxygen atoms in total. The number of carboxylic acids is 1. The topological polar surface area (TPSA) is 133 Å². The molecule has 192 valence electrons. The number of aromatic nitrogens is 5. The van der Waals surface area contributed by atoms with E-state index in [-0.39, 0.29) is 12.6 Å². The molecule has 0 radical (unpaired) electrons. The van der Waals surface area contributed by atoms with Crippen LogP contribution in [0.15, 0.2) is 52.6 Å². The average molecular weight is 525 g/mol. The van der Waals surface area contributed by atoms with Gasteiger partial charge in [-0.3, -0.25) is 18.7 Å². The first-order valence-corrected chi connectivity index (χ1v) is 12.1. The monoisotopic (exact) mass is 524 g/mol. The van der Waals surface area contributed by atoms with Crippen LogP contribution in [0.25, 0.3) is 16.8 Å². The summed E-state index contributed by atoms with van der Waals surface area (Å²) in [6.07, 6.45) is 5.04. The number of nitrogens with zero attached hydrogens (tertiary/aromatic N) is 5. The molecule has 2 N–H and O–H groups in total. The van der Waals surface area contributed by atoms with E-state index in [1.807, 2.05) is 25.1 Å². The lowest BCUT2D eigenvalue weighted by Gasteiger charge is -2.25. The predicted molar refractivity (Wildman–Crippen MR) is 136 cm³/mol. The predicted octanol–water partition coefficient (Wildman–Crippen LogP) is 1.35. The Morgan fingerprint density at radius 3 is 2.89 bits per heavy atom. The normalized spacial score (nSPS) is 15.8. The Hall–Kier alpha value is -3.80. The van der Waals surface area contributed by atoms with E-state index in [0.29, 0.717) is 34.8 Å². The molecule has 37 heavy (non-hydrogen) atoms. The van der Waals surface area contributed by atoms with Gasteiger partial charge in [0.2, 0.25) is 0 Å². The van der Waals surface area contributed by atoms with Gasteiger partial charge in [-0.1, -0.05) is 11.6 Å². The van der Waals surface area contributed by atoms with Gasteiger partial charge in [0.1, 0.15) is 12.9 Å². The highest BCUT2D eigenvalue weighted by Gasteiger charge is 2.21. The Labute approximate surface area is 215 Å². The van der Waals surface area contributed by atoms with E-state index in [1.54, 1.807) is 10.7 Å². The number of carbonyl (C=O) groups is 1. The number of carboxylic acid groups (broad SMARTS) is 1. The van der Waals surface area contributed by atoms with Gasteiger partial charge in [-0.2, -0.15) is 5.10 Å². The Bertz CT molecular complexity index is 1600. The molecule has 0 spiro atoms. The molecule has 0 amide bonds. The third-order valence-corrected chi connectivity index (χ3v) is 6.60. The Morgan fingerprint density at radius 2 is 2.14 bits per heavy atom. The minimum atomic E-state index is -1.18. The first-order valence-electron chi connectivity index (χ1n) is 11.8. The summed E-state index contributed by atoms with van der Waals surface area (Å²) in [4.78, 5) is 40.8. The second-order valence-electron chi connectivity index (χ2n) is 8.98. The van der Waals surface area contributed by atoms with E-state index in [1.165, 1.54) is 18.6 Å². The molecule has 0 unspecified atom stereocenters. The average Bonchev–Trinajstić information content (AvgIpc) is 3.28. The van der Waals surface area contributed by atoms with E-state index in [9.17, 15) is 14.4 Å². The number of hydrogen-bond acceptors (Lipinski definition) is 7. The maximum atomic E-state index is 12.7. The van der Waals surface area contributed by atoms with Crippen molar-refractivity contribution >= 4 is 23.1 Å². The number of hydrogen-bond donors (Lipinski definition) is 2. The molecule has 4 heterocycles.